The van der Waals surface area contributed by atoms with E-state index in [1.807, 2.05) is 18.2 Å². The van der Waals surface area contributed by atoms with Crippen LogP contribution in [0.3, 0.4) is 0 Å². The minimum atomic E-state index is 0.547. The molecular weight excluding hydrogens is 253 g/mol. The fourth-order valence-electron chi connectivity index (χ4n) is 1.49. The molecule has 17 heavy (non-hydrogen) atoms. The molecule has 3 heteroatoms. The largest absolute Gasteiger partial charge is 0.314 e. The minimum Gasteiger partial charge on any atom is -0.314 e. The second kappa shape index (κ2) is 7.75. The maximum Gasteiger partial charge on any atom is 0.0627 e. The Morgan fingerprint density at radius 1 is 1.24 bits per heavy atom. The third kappa shape index (κ3) is 5.58. The number of allylic oxidation sites excluding steroid dienone is 1. The van der Waals surface area contributed by atoms with Gasteiger partial charge in [-0.15, -0.1) is 0 Å². The molecule has 0 heterocycles. The average molecular weight is 272 g/mol. The first-order valence-corrected chi connectivity index (χ1v) is 6.68. The van der Waals surface area contributed by atoms with Gasteiger partial charge in [-0.3, -0.25) is 0 Å². The summed E-state index contributed by atoms with van der Waals surface area (Å²) in [7, 11) is 0. The number of benzene rings is 1. The van der Waals surface area contributed by atoms with Gasteiger partial charge in [0.05, 0.1) is 10.0 Å². The lowest BCUT2D eigenvalue weighted by Gasteiger charge is -2.05. The summed E-state index contributed by atoms with van der Waals surface area (Å²) in [4.78, 5) is 0. The first-order valence-electron chi connectivity index (χ1n) is 5.92. The van der Waals surface area contributed by atoms with Crippen LogP contribution in [-0.2, 0) is 6.42 Å². The van der Waals surface area contributed by atoms with E-state index in [1.165, 1.54) is 0 Å². The van der Waals surface area contributed by atoms with Crippen LogP contribution in [0.15, 0.2) is 30.4 Å². The number of hydrogen-bond acceptors (Lipinski definition) is 1. The van der Waals surface area contributed by atoms with Gasteiger partial charge in [0.25, 0.3) is 0 Å². The van der Waals surface area contributed by atoms with Crippen molar-refractivity contribution < 1.29 is 0 Å². The zero-order valence-corrected chi connectivity index (χ0v) is 11.9. The lowest BCUT2D eigenvalue weighted by molar-refractivity contribution is 0.594. The van der Waals surface area contributed by atoms with Crippen molar-refractivity contribution in [2.24, 2.45) is 0 Å². The van der Waals surface area contributed by atoms with E-state index < -0.39 is 0 Å². The average Bonchev–Trinajstić information content (AvgIpc) is 2.28. The van der Waals surface area contributed by atoms with Gasteiger partial charge in [0.15, 0.2) is 0 Å². The molecule has 0 saturated heterocycles. The molecule has 1 aromatic carbocycles. The van der Waals surface area contributed by atoms with E-state index in [1.54, 1.807) is 0 Å². The van der Waals surface area contributed by atoms with Crippen LogP contribution in [0.4, 0.5) is 0 Å². The highest BCUT2D eigenvalue weighted by atomic mass is 35.5. The zero-order chi connectivity index (χ0) is 12.7. The fourth-order valence-corrected chi connectivity index (χ4v) is 1.89. The van der Waals surface area contributed by atoms with Gasteiger partial charge >= 0.3 is 0 Å². The van der Waals surface area contributed by atoms with E-state index >= 15 is 0 Å². The molecule has 0 aliphatic rings. The Labute approximate surface area is 114 Å². The first-order chi connectivity index (χ1) is 8.11. The van der Waals surface area contributed by atoms with Crippen LogP contribution in [0, 0.1) is 0 Å². The van der Waals surface area contributed by atoms with Gasteiger partial charge in [-0.1, -0.05) is 61.3 Å². The maximum atomic E-state index is 6.10. The Balaban J connectivity index is 2.35. The van der Waals surface area contributed by atoms with Gasteiger partial charge in [0, 0.05) is 6.04 Å². The molecule has 1 rings (SSSR count). The Morgan fingerprint density at radius 2 is 2.00 bits per heavy atom. The first kappa shape index (κ1) is 14.6. The monoisotopic (exact) mass is 271 g/mol. The normalized spacial score (nSPS) is 11.6. The molecule has 0 unspecified atom stereocenters. The number of nitrogens with one attached hydrogen (secondary N) is 1. The SMILES string of the molecule is CC(C)NCC/C=C/Cc1cccc(Cl)c1Cl. The Bertz CT molecular complexity index is 372. The van der Waals surface area contributed by atoms with Crippen LogP contribution >= 0.6 is 23.2 Å². The molecule has 0 aliphatic heterocycles. The predicted octanol–water partition coefficient (Wildman–Crippen LogP) is 4.48. The van der Waals surface area contributed by atoms with Crippen molar-refractivity contribution in [1.82, 2.24) is 5.32 Å². The van der Waals surface area contributed by atoms with E-state index in [-0.39, 0.29) is 0 Å². The van der Waals surface area contributed by atoms with Crippen molar-refractivity contribution in [2.45, 2.75) is 32.7 Å². The number of rotatable bonds is 6. The molecule has 0 atom stereocenters. The summed E-state index contributed by atoms with van der Waals surface area (Å²) < 4.78 is 0. The Kier molecular flexibility index (Phi) is 6.64. The van der Waals surface area contributed by atoms with Crippen LogP contribution in [0.5, 0.6) is 0 Å². The van der Waals surface area contributed by atoms with Crippen molar-refractivity contribution in [2.75, 3.05) is 6.54 Å². The molecular formula is C14H19Cl2N. The lowest BCUT2D eigenvalue weighted by atomic mass is 10.1. The number of hydrogen-bond donors (Lipinski definition) is 1. The highest BCUT2D eigenvalue weighted by Crippen LogP contribution is 2.25. The van der Waals surface area contributed by atoms with Crippen LogP contribution in [0.25, 0.3) is 0 Å². The second-order valence-corrected chi connectivity index (χ2v) is 5.07. The maximum absolute atomic E-state index is 6.10. The molecule has 0 aromatic heterocycles. The van der Waals surface area contributed by atoms with E-state index in [0.29, 0.717) is 16.1 Å². The molecule has 1 N–H and O–H groups in total. The molecule has 0 amide bonds. The van der Waals surface area contributed by atoms with Crippen molar-refractivity contribution in [3.05, 3.63) is 46.0 Å². The molecule has 94 valence electrons. The molecule has 0 aliphatic carbocycles. The van der Waals surface area contributed by atoms with Gasteiger partial charge in [-0.2, -0.15) is 0 Å². The predicted molar refractivity (Wildman–Crippen MR) is 77.1 cm³/mol. The van der Waals surface area contributed by atoms with Gasteiger partial charge < -0.3 is 5.32 Å². The molecule has 0 fully saturated rings. The molecule has 1 aromatic rings. The molecule has 0 spiro atoms. The second-order valence-electron chi connectivity index (χ2n) is 4.29. The standard InChI is InChI=1S/C14H19Cl2N/c1-11(2)17-10-5-3-4-7-12-8-6-9-13(15)14(12)16/h3-4,6,8-9,11,17H,5,7,10H2,1-2H3/b4-3+. The highest BCUT2D eigenvalue weighted by Gasteiger charge is 2.01. The van der Waals surface area contributed by atoms with Crippen molar-refractivity contribution in [1.29, 1.82) is 0 Å². The van der Waals surface area contributed by atoms with E-state index in [9.17, 15) is 0 Å². The zero-order valence-electron chi connectivity index (χ0n) is 10.3. The smallest absolute Gasteiger partial charge is 0.0627 e. The molecule has 0 bridgehead atoms. The Morgan fingerprint density at radius 3 is 2.71 bits per heavy atom. The topological polar surface area (TPSA) is 12.0 Å². The highest BCUT2D eigenvalue weighted by molar-refractivity contribution is 6.42. The minimum absolute atomic E-state index is 0.547. The number of halogens is 2. The molecule has 1 nitrogen and oxygen atoms in total. The quantitative estimate of drug-likeness (QED) is 0.594. The summed E-state index contributed by atoms with van der Waals surface area (Å²) in [6.45, 7) is 5.31. The van der Waals surface area contributed by atoms with Crippen LogP contribution in [-0.4, -0.2) is 12.6 Å². The van der Waals surface area contributed by atoms with Crippen LogP contribution < -0.4 is 5.32 Å². The van der Waals surface area contributed by atoms with Crippen molar-refractivity contribution in [3.63, 3.8) is 0 Å². The summed E-state index contributed by atoms with van der Waals surface area (Å²) in [6.07, 6.45) is 6.18. The van der Waals surface area contributed by atoms with Gasteiger partial charge in [0.2, 0.25) is 0 Å². The van der Waals surface area contributed by atoms with Crippen molar-refractivity contribution in [3.8, 4) is 0 Å². The summed E-state index contributed by atoms with van der Waals surface area (Å²) in [6, 6.07) is 6.29. The summed E-state index contributed by atoms with van der Waals surface area (Å²) >= 11 is 12.0. The third-order valence-corrected chi connectivity index (χ3v) is 3.26. The summed E-state index contributed by atoms with van der Waals surface area (Å²) in [5.41, 5.74) is 1.08. The Hall–Kier alpha value is -0.500. The van der Waals surface area contributed by atoms with E-state index in [0.717, 1.165) is 24.9 Å². The lowest BCUT2D eigenvalue weighted by Crippen LogP contribution is -2.23. The molecule has 0 radical (unpaired) electrons. The molecule has 0 saturated carbocycles. The van der Waals surface area contributed by atoms with Crippen LogP contribution in [0.2, 0.25) is 10.0 Å². The van der Waals surface area contributed by atoms with Crippen molar-refractivity contribution >= 4 is 23.2 Å². The van der Waals surface area contributed by atoms with Gasteiger partial charge in [0.1, 0.15) is 0 Å². The third-order valence-electron chi connectivity index (χ3n) is 2.40. The van der Waals surface area contributed by atoms with Gasteiger partial charge in [-0.25, -0.2) is 0 Å². The van der Waals surface area contributed by atoms with E-state index in [2.05, 4.69) is 31.3 Å². The summed E-state index contributed by atoms with van der Waals surface area (Å²) in [5.74, 6) is 0. The van der Waals surface area contributed by atoms with Crippen LogP contribution in [0.1, 0.15) is 25.8 Å². The fraction of sp³-hybridized carbons (Fsp3) is 0.429. The summed E-state index contributed by atoms with van der Waals surface area (Å²) in [5, 5.41) is 4.66. The van der Waals surface area contributed by atoms with E-state index in [4.69, 9.17) is 23.2 Å². The van der Waals surface area contributed by atoms with Gasteiger partial charge in [-0.05, 0) is 31.0 Å².